The van der Waals surface area contributed by atoms with Gasteiger partial charge in [0.15, 0.2) is 0 Å². The van der Waals surface area contributed by atoms with Gasteiger partial charge < -0.3 is 4.74 Å². The Balaban J connectivity index is 2.91. The first-order valence-electron chi connectivity index (χ1n) is 7.44. The van der Waals surface area contributed by atoms with Crippen LogP contribution in [0.1, 0.15) is 57.3 Å². The zero-order valence-electron chi connectivity index (χ0n) is 13.6. The average molecular weight is 327 g/mol. The van der Waals surface area contributed by atoms with Crippen molar-refractivity contribution in [3.05, 3.63) is 35.9 Å². The molecular weight excluding hydrogens is 302 g/mol. The third kappa shape index (κ3) is 6.15. The largest absolute Gasteiger partial charge is 0.441 e. The summed E-state index contributed by atoms with van der Waals surface area (Å²) < 4.78 is 32.7. The van der Waals surface area contributed by atoms with Gasteiger partial charge in [0.1, 0.15) is 0 Å². The van der Waals surface area contributed by atoms with Crippen LogP contribution in [0.3, 0.4) is 0 Å². The molecule has 22 heavy (non-hydrogen) atoms. The second-order valence-electron chi connectivity index (χ2n) is 6.24. The Hall–Kier alpha value is -1.40. The first-order chi connectivity index (χ1) is 10.2. The molecule has 6 heteroatoms. The molecule has 5 nitrogen and oxygen atoms in total. The smallest absolute Gasteiger partial charge is 0.339 e. The molecule has 124 valence electrons. The van der Waals surface area contributed by atoms with Gasteiger partial charge in [-0.25, -0.2) is 17.9 Å². The van der Waals surface area contributed by atoms with Crippen molar-refractivity contribution >= 4 is 16.0 Å². The number of carbonyl (C=O) groups is 1. The van der Waals surface area contributed by atoms with E-state index in [0.717, 1.165) is 6.42 Å². The highest BCUT2D eigenvalue weighted by Crippen LogP contribution is 2.16. The fourth-order valence-corrected chi connectivity index (χ4v) is 3.58. The van der Waals surface area contributed by atoms with Crippen molar-refractivity contribution in [2.24, 2.45) is 0 Å². The van der Waals surface area contributed by atoms with Gasteiger partial charge in [0.05, 0.1) is 5.56 Å². The zero-order chi connectivity index (χ0) is 16.8. The second kappa shape index (κ2) is 7.74. The number of sulfonamides is 1. The molecule has 1 rings (SSSR count). The van der Waals surface area contributed by atoms with E-state index in [4.69, 9.17) is 4.74 Å². The van der Waals surface area contributed by atoms with E-state index in [-0.39, 0.29) is 6.42 Å². The summed E-state index contributed by atoms with van der Waals surface area (Å²) in [6.07, 6.45) is 1.77. The molecule has 1 atom stereocenters. The normalized spacial score (nSPS) is 13.6. The van der Waals surface area contributed by atoms with Gasteiger partial charge in [-0.2, -0.15) is 0 Å². The highest BCUT2D eigenvalue weighted by Gasteiger charge is 2.32. The molecule has 0 saturated heterocycles. The summed E-state index contributed by atoms with van der Waals surface area (Å²) in [6.45, 7) is 7.21. The Morgan fingerprint density at radius 2 is 1.82 bits per heavy atom. The lowest BCUT2D eigenvalue weighted by atomic mass is 10.1. The molecule has 1 N–H and O–H groups in total. The number of unbranched alkanes of at least 4 members (excludes halogenated alkanes) is 1. The van der Waals surface area contributed by atoms with Crippen LogP contribution in [-0.2, 0) is 14.8 Å². The van der Waals surface area contributed by atoms with E-state index < -0.39 is 27.0 Å². The second-order valence-corrected chi connectivity index (χ2v) is 8.06. The maximum absolute atomic E-state index is 12.4. The molecule has 0 heterocycles. The van der Waals surface area contributed by atoms with Gasteiger partial charge in [0, 0.05) is 12.0 Å². The van der Waals surface area contributed by atoms with E-state index in [1.807, 2.05) is 6.92 Å². The number of hydrogen-bond donors (Lipinski definition) is 1. The van der Waals surface area contributed by atoms with Gasteiger partial charge in [0.25, 0.3) is 0 Å². The Bertz CT molecular complexity index is 576. The number of nitrogens with one attached hydrogen (secondary N) is 1. The summed E-state index contributed by atoms with van der Waals surface area (Å²) in [5.41, 5.74) is -1.46. The summed E-state index contributed by atoms with van der Waals surface area (Å²) in [7, 11) is -3.75. The topological polar surface area (TPSA) is 72.5 Å². The monoisotopic (exact) mass is 327 g/mol. The Morgan fingerprint density at radius 1 is 1.23 bits per heavy atom. The van der Waals surface area contributed by atoms with Crippen LogP contribution >= 0.6 is 0 Å². The van der Waals surface area contributed by atoms with E-state index >= 15 is 0 Å². The molecule has 0 aromatic heterocycles. The van der Waals surface area contributed by atoms with Crippen LogP contribution in [0.15, 0.2) is 30.3 Å². The Labute approximate surface area is 133 Å². The lowest BCUT2D eigenvalue weighted by Gasteiger charge is -2.25. The van der Waals surface area contributed by atoms with Crippen LogP contribution in [0.25, 0.3) is 0 Å². The molecule has 0 fully saturated rings. The van der Waals surface area contributed by atoms with E-state index in [1.165, 1.54) is 0 Å². The van der Waals surface area contributed by atoms with Crippen molar-refractivity contribution in [1.29, 1.82) is 0 Å². The predicted molar refractivity (Wildman–Crippen MR) is 87.0 cm³/mol. The molecule has 0 spiro atoms. The number of carbonyl (C=O) groups excluding carboxylic acids is 1. The van der Waals surface area contributed by atoms with Crippen molar-refractivity contribution < 1.29 is 17.9 Å². The number of hydrogen-bond acceptors (Lipinski definition) is 4. The van der Waals surface area contributed by atoms with Crippen molar-refractivity contribution in [1.82, 2.24) is 4.72 Å². The van der Waals surface area contributed by atoms with E-state index in [9.17, 15) is 13.2 Å². The van der Waals surface area contributed by atoms with E-state index in [1.54, 1.807) is 51.1 Å². The SMILES string of the molecule is CCCCC(OC(=O)c1ccccc1)S(=O)(=O)NC(C)(C)C. The first kappa shape index (κ1) is 18.6. The van der Waals surface area contributed by atoms with Crippen LogP contribution in [0.4, 0.5) is 0 Å². The van der Waals surface area contributed by atoms with Crippen LogP contribution < -0.4 is 4.72 Å². The fourth-order valence-electron chi connectivity index (χ4n) is 1.90. The van der Waals surface area contributed by atoms with Gasteiger partial charge in [-0.15, -0.1) is 0 Å². The van der Waals surface area contributed by atoms with Gasteiger partial charge >= 0.3 is 5.97 Å². The molecule has 1 aromatic rings. The predicted octanol–water partition coefficient (Wildman–Crippen LogP) is 3.08. The van der Waals surface area contributed by atoms with Crippen molar-refractivity contribution in [2.45, 2.75) is 57.9 Å². The molecule has 0 aliphatic heterocycles. The first-order valence-corrected chi connectivity index (χ1v) is 8.99. The van der Waals surface area contributed by atoms with Gasteiger partial charge in [-0.05, 0) is 39.3 Å². The maximum atomic E-state index is 12.4. The molecule has 0 amide bonds. The maximum Gasteiger partial charge on any atom is 0.339 e. The Kier molecular flexibility index (Phi) is 6.56. The van der Waals surface area contributed by atoms with Crippen LogP contribution in [0.2, 0.25) is 0 Å². The Morgan fingerprint density at radius 3 is 2.32 bits per heavy atom. The third-order valence-electron chi connectivity index (χ3n) is 2.84. The highest BCUT2D eigenvalue weighted by atomic mass is 32.2. The summed E-state index contributed by atoms with van der Waals surface area (Å²) in [5.74, 6) is -0.624. The summed E-state index contributed by atoms with van der Waals surface area (Å²) >= 11 is 0. The van der Waals surface area contributed by atoms with Gasteiger partial charge in [-0.3, -0.25) is 0 Å². The van der Waals surface area contributed by atoms with Crippen molar-refractivity contribution in [3.63, 3.8) is 0 Å². The number of rotatable bonds is 7. The minimum absolute atomic E-state index is 0.278. The fraction of sp³-hybridized carbons (Fsp3) is 0.562. The molecule has 1 aromatic carbocycles. The molecule has 0 radical (unpaired) electrons. The van der Waals surface area contributed by atoms with E-state index in [2.05, 4.69) is 4.72 Å². The number of benzene rings is 1. The summed E-state index contributed by atoms with van der Waals surface area (Å²) in [6, 6.07) is 8.40. The summed E-state index contributed by atoms with van der Waals surface area (Å²) in [4.78, 5) is 12.1. The minimum atomic E-state index is -3.75. The lowest BCUT2D eigenvalue weighted by molar-refractivity contribution is 0.0425. The van der Waals surface area contributed by atoms with E-state index in [0.29, 0.717) is 12.0 Å². The molecular formula is C16H25NO4S. The van der Waals surface area contributed by atoms with Gasteiger partial charge in [0.2, 0.25) is 15.5 Å². The van der Waals surface area contributed by atoms with Crippen molar-refractivity contribution in [2.75, 3.05) is 0 Å². The molecule has 0 bridgehead atoms. The quantitative estimate of drug-likeness (QED) is 0.781. The number of ether oxygens (including phenoxy) is 1. The molecule has 0 aliphatic carbocycles. The lowest BCUT2D eigenvalue weighted by Crippen LogP contribution is -2.46. The van der Waals surface area contributed by atoms with Crippen molar-refractivity contribution in [3.8, 4) is 0 Å². The minimum Gasteiger partial charge on any atom is -0.441 e. The third-order valence-corrected chi connectivity index (χ3v) is 4.76. The number of esters is 1. The highest BCUT2D eigenvalue weighted by molar-refractivity contribution is 7.90. The molecule has 0 saturated carbocycles. The van der Waals surface area contributed by atoms with Crippen LogP contribution in [-0.4, -0.2) is 25.4 Å². The molecule has 0 aliphatic rings. The zero-order valence-corrected chi connectivity index (χ0v) is 14.4. The van der Waals surface area contributed by atoms with Crippen LogP contribution in [0.5, 0.6) is 0 Å². The molecule has 1 unspecified atom stereocenters. The van der Waals surface area contributed by atoms with Gasteiger partial charge in [-0.1, -0.05) is 31.5 Å². The summed E-state index contributed by atoms with van der Waals surface area (Å²) in [5, 5.41) is 0. The van der Waals surface area contributed by atoms with Crippen LogP contribution in [0, 0.1) is 0 Å². The standard InChI is InChI=1S/C16H25NO4S/c1-5-6-12-14(22(19,20)17-16(2,3)4)21-15(18)13-10-8-7-9-11-13/h7-11,14,17H,5-6,12H2,1-4H3. The average Bonchev–Trinajstić information content (AvgIpc) is 2.41.